The molecular weight excluding hydrogens is 208 g/mol. The van der Waals surface area contributed by atoms with Crippen LogP contribution >= 0.6 is 0 Å². The quantitative estimate of drug-likeness (QED) is 0.767. The Kier molecular flexibility index (Phi) is 4.58. The molecule has 0 aromatic carbocycles. The van der Waals surface area contributed by atoms with E-state index in [1.165, 1.54) is 25.3 Å². The summed E-state index contributed by atoms with van der Waals surface area (Å²) in [5.41, 5.74) is 0. The number of carbonyl (C=O) groups excluding carboxylic acids is 1. The van der Waals surface area contributed by atoms with Crippen molar-refractivity contribution in [2.75, 3.05) is 7.05 Å². The van der Waals surface area contributed by atoms with Crippen LogP contribution in [0.3, 0.4) is 0 Å². The number of carbonyl (C=O) groups is 2. The molecule has 1 rings (SSSR count). The van der Waals surface area contributed by atoms with E-state index in [9.17, 15) is 9.59 Å². The Hall–Kier alpha value is -1.26. The van der Waals surface area contributed by atoms with Crippen molar-refractivity contribution in [3.63, 3.8) is 0 Å². The van der Waals surface area contributed by atoms with Crippen LogP contribution in [0.25, 0.3) is 0 Å². The van der Waals surface area contributed by atoms with Gasteiger partial charge in [-0.25, -0.2) is 9.59 Å². The van der Waals surface area contributed by atoms with Gasteiger partial charge in [0.25, 0.3) is 0 Å². The normalized spacial score (nSPS) is 18.9. The summed E-state index contributed by atoms with van der Waals surface area (Å²) in [5, 5.41) is 11.7. The van der Waals surface area contributed by atoms with Gasteiger partial charge in [0.15, 0.2) is 0 Å². The van der Waals surface area contributed by atoms with E-state index in [-0.39, 0.29) is 12.1 Å². The highest BCUT2D eigenvalue weighted by Gasteiger charge is 2.24. The van der Waals surface area contributed by atoms with Crippen molar-refractivity contribution in [2.24, 2.45) is 0 Å². The standard InChI is InChI=1S/C11H20N2O3/c1-8(10(14)15)13(2)11(16)12-9-6-4-3-5-7-9/h8-9H,3-7H2,1-2H3,(H,12,16)(H,14,15). The van der Waals surface area contributed by atoms with Crippen LogP contribution in [-0.2, 0) is 4.79 Å². The smallest absolute Gasteiger partial charge is 0.326 e. The van der Waals surface area contributed by atoms with Crippen molar-refractivity contribution >= 4 is 12.0 Å². The zero-order valence-electron chi connectivity index (χ0n) is 9.90. The summed E-state index contributed by atoms with van der Waals surface area (Å²) in [6.45, 7) is 1.50. The summed E-state index contributed by atoms with van der Waals surface area (Å²) >= 11 is 0. The average Bonchev–Trinajstić information content (AvgIpc) is 2.28. The number of amides is 2. The average molecular weight is 228 g/mol. The van der Waals surface area contributed by atoms with Gasteiger partial charge in [-0.15, -0.1) is 0 Å². The lowest BCUT2D eigenvalue weighted by atomic mass is 9.96. The molecule has 0 spiro atoms. The molecular formula is C11H20N2O3. The zero-order chi connectivity index (χ0) is 12.1. The molecule has 0 heterocycles. The summed E-state index contributed by atoms with van der Waals surface area (Å²) < 4.78 is 0. The van der Waals surface area contributed by atoms with E-state index in [1.807, 2.05) is 0 Å². The fourth-order valence-corrected chi connectivity index (χ4v) is 1.86. The summed E-state index contributed by atoms with van der Waals surface area (Å²) in [6, 6.07) is -0.866. The van der Waals surface area contributed by atoms with Crippen LogP contribution in [0.15, 0.2) is 0 Å². The second kappa shape index (κ2) is 5.72. The maximum Gasteiger partial charge on any atom is 0.326 e. The van der Waals surface area contributed by atoms with Crippen LogP contribution in [0, 0.1) is 0 Å². The first-order valence-corrected chi connectivity index (χ1v) is 5.78. The minimum atomic E-state index is -0.985. The van der Waals surface area contributed by atoms with Gasteiger partial charge in [-0.1, -0.05) is 19.3 Å². The topological polar surface area (TPSA) is 69.6 Å². The molecule has 0 aromatic rings. The van der Waals surface area contributed by atoms with Crippen molar-refractivity contribution in [2.45, 2.75) is 51.1 Å². The van der Waals surface area contributed by atoms with Crippen molar-refractivity contribution in [1.82, 2.24) is 10.2 Å². The van der Waals surface area contributed by atoms with Gasteiger partial charge in [-0.3, -0.25) is 0 Å². The van der Waals surface area contributed by atoms with Crippen LogP contribution < -0.4 is 5.32 Å². The Bertz CT molecular complexity index is 262. The first-order valence-electron chi connectivity index (χ1n) is 5.78. The van der Waals surface area contributed by atoms with Crippen molar-refractivity contribution < 1.29 is 14.7 Å². The molecule has 1 saturated carbocycles. The third kappa shape index (κ3) is 3.40. The number of likely N-dealkylation sites (N-methyl/N-ethyl adjacent to an activating group) is 1. The number of carboxylic acids is 1. The first kappa shape index (κ1) is 12.8. The van der Waals surface area contributed by atoms with E-state index in [4.69, 9.17) is 5.11 Å². The molecule has 1 unspecified atom stereocenters. The Morgan fingerprint density at radius 1 is 1.31 bits per heavy atom. The van der Waals surface area contributed by atoms with Crippen molar-refractivity contribution in [1.29, 1.82) is 0 Å². The number of aliphatic carboxylic acids is 1. The van der Waals surface area contributed by atoms with E-state index >= 15 is 0 Å². The number of hydrogen-bond donors (Lipinski definition) is 2. The molecule has 0 radical (unpaired) electrons. The van der Waals surface area contributed by atoms with Crippen molar-refractivity contribution in [3.8, 4) is 0 Å². The number of carboxylic acid groups (broad SMARTS) is 1. The molecule has 1 aliphatic carbocycles. The number of nitrogens with zero attached hydrogens (tertiary/aromatic N) is 1. The van der Waals surface area contributed by atoms with Gasteiger partial charge in [-0.05, 0) is 19.8 Å². The van der Waals surface area contributed by atoms with Crippen LogP contribution in [0.1, 0.15) is 39.0 Å². The molecule has 0 saturated heterocycles. The monoisotopic (exact) mass is 228 g/mol. The Balaban J connectivity index is 2.41. The first-order chi connectivity index (χ1) is 7.52. The maximum atomic E-state index is 11.7. The predicted molar refractivity (Wildman–Crippen MR) is 60.3 cm³/mol. The molecule has 5 nitrogen and oxygen atoms in total. The summed E-state index contributed by atoms with van der Waals surface area (Å²) in [4.78, 5) is 23.7. The van der Waals surface area contributed by atoms with Crippen LogP contribution in [0.5, 0.6) is 0 Å². The highest BCUT2D eigenvalue weighted by atomic mass is 16.4. The molecule has 0 aliphatic heterocycles. The second-order valence-corrected chi connectivity index (χ2v) is 4.41. The van der Waals surface area contributed by atoms with Gasteiger partial charge >= 0.3 is 12.0 Å². The SMILES string of the molecule is CC(C(=O)O)N(C)C(=O)NC1CCCCC1. The van der Waals surface area contributed by atoms with Crippen LogP contribution in [0.2, 0.25) is 0 Å². The van der Waals surface area contributed by atoms with E-state index in [0.717, 1.165) is 25.7 Å². The highest BCUT2D eigenvalue weighted by Crippen LogP contribution is 2.17. The Morgan fingerprint density at radius 2 is 1.88 bits per heavy atom. The summed E-state index contributed by atoms with van der Waals surface area (Å²) in [7, 11) is 1.51. The number of hydrogen-bond acceptors (Lipinski definition) is 2. The number of nitrogens with one attached hydrogen (secondary N) is 1. The summed E-state index contributed by atoms with van der Waals surface area (Å²) in [5.74, 6) is -0.985. The largest absolute Gasteiger partial charge is 0.480 e. The number of urea groups is 1. The van der Waals surface area contributed by atoms with E-state index in [1.54, 1.807) is 0 Å². The van der Waals surface area contributed by atoms with Gasteiger partial charge in [0.1, 0.15) is 6.04 Å². The Labute approximate surface area is 95.8 Å². The molecule has 1 fully saturated rings. The lowest BCUT2D eigenvalue weighted by molar-refractivity contribution is -0.141. The molecule has 2 N–H and O–H groups in total. The molecule has 92 valence electrons. The third-order valence-corrected chi connectivity index (χ3v) is 3.19. The lowest BCUT2D eigenvalue weighted by Gasteiger charge is -2.27. The maximum absolute atomic E-state index is 11.7. The van der Waals surface area contributed by atoms with Gasteiger partial charge < -0.3 is 15.3 Å². The van der Waals surface area contributed by atoms with E-state index < -0.39 is 12.0 Å². The molecule has 1 atom stereocenters. The Morgan fingerprint density at radius 3 is 2.38 bits per heavy atom. The fourth-order valence-electron chi connectivity index (χ4n) is 1.86. The van der Waals surface area contributed by atoms with Crippen LogP contribution in [0.4, 0.5) is 4.79 Å². The molecule has 0 bridgehead atoms. The minimum Gasteiger partial charge on any atom is -0.480 e. The third-order valence-electron chi connectivity index (χ3n) is 3.19. The molecule has 0 aromatic heterocycles. The second-order valence-electron chi connectivity index (χ2n) is 4.41. The molecule has 16 heavy (non-hydrogen) atoms. The van der Waals surface area contributed by atoms with E-state index in [2.05, 4.69) is 5.32 Å². The molecule has 1 aliphatic rings. The van der Waals surface area contributed by atoms with Gasteiger partial charge in [0, 0.05) is 13.1 Å². The highest BCUT2D eigenvalue weighted by molar-refractivity contribution is 5.82. The minimum absolute atomic E-state index is 0.213. The lowest BCUT2D eigenvalue weighted by Crippen LogP contribution is -2.49. The fraction of sp³-hybridized carbons (Fsp3) is 0.818. The van der Waals surface area contributed by atoms with Crippen LogP contribution in [-0.4, -0.2) is 41.1 Å². The predicted octanol–water partition coefficient (Wildman–Crippen LogP) is 1.43. The zero-order valence-corrected chi connectivity index (χ0v) is 9.90. The molecule has 2 amide bonds. The number of rotatable bonds is 3. The van der Waals surface area contributed by atoms with Gasteiger partial charge in [0.05, 0.1) is 0 Å². The molecule has 5 heteroatoms. The van der Waals surface area contributed by atoms with Crippen molar-refractivity contribution in [3.05, 3.63) is 0 Å². The van der Waals surface area contributed by atoms with Gasteiger partial charge in [-0.2, -0.15) is 0 Å². The van der Waals surface area contributed by atoms with Gasteiger partial charge in [0.2, 0.25) is 0 Å². The summed E-state index contributed by atoms with van der Waals surface area (Å²) in [6.07, 6.45) is 5.52. The van der Waals surface area contributed by atoms with E-state index in [0.29, 0.717) is 0 Å².